The quantitative estimate of drug-likeness (QED) is 0.630. The molecule has 2 amide bonds. The van der Waals surface area contributed by atoms with Gasteiger partial charge in [-0.3, -0.25) is 14.9 Å². The van der Waals surface area contributed by atoms with E-state index in [0.29, 0.717) is 22.3 Å². The van der Waals surface area contributed by atoms with E-state index in [1.807, 2.05) is 31.2 Å². The summed E-state index contributed by atoms with van der Waals surface area (Å²) in [6.45, 7) is 1.81. The van der Waals surface area contributed by atoms with Crippen LogP contribution in [0, 0.1) is 6.92 Å². The fourth-order valence-corrected chi connectivity index (χ4v) is 2.90. The second kappa shape index (κ2) is 7.18. The highest BCUT2D eigenvalue weighted by atomic mass is 32.1. The SMILES string of the molecule is Cc1ccccc1OCC(=O)Nc1nc(-c2c[nH]c(C(N)=O)c2)cs1. The number of aryl methyl sites for hydroxylation is 1. The van der Waals surface area contributed by atoms with Crippen molar-refractivity contribution in [1.82, 2.24) is 9.97 Å². The van der Waals surface area contributed by atoms with E-state index in [9.17, 15) is 9.59 Å². The number of thiazole rings is 1. The Morgan fingerprint density at radius 2 is 2.16 bits per heavy atom. The van der Waals surface area contributed by atoms with E-state index in [-0.39, 0.29) is 12.5 Å². The molecule has 0 saturated heterocycles. The third kappa shape index (κ3) is 4.04. The number of hydrogen-bond acceptors (Lipinski definition) is 5. The smallest absolute Gasteiger partial charge is 0.265 e. The maximum atomic E-state index is 12.0. The first-order valence-corrected chi connectivity index (χ1v) is 8.33. The van der Waals surface area contributed by atoms with Gasteiger partial charge in [-0.2, -0.15) is 0 Å². The van der Waals surface area contributed by atoms with Crippen molar-refractivity contribution in [2.24, 2.45) is 5.73 Å². The number of para-hydroxylation sites is 1. The average molecular weight is 356 g/mol. The molecule has 0 aliphatic rings. The second-order valence-electron chi connectivity index (χ2n) is 5.31. The molecule has 0 saturated carbocycles. The Bertz CT molecular complexity index is 916. The molecular formula is C17H16N4O3S. The van der Waals surface area contributed by atoms with Crippen molar-refractivity contribution in [3.05, 3.63) is 53.2 Å². The maximum absolute atomic E-state index is 12.0. The highest BCUT2D eigenvalue weighted by Gasteiger charge is 2.11. The topological polar surface area (TPSA) is 110 Å². The minimum absolute atomic E-state index is 0.101. The average Bonchev–Trinajstić information content (AvgIpc) is 3.23. The minimum Gasteiger partial charge on any atom is -0.483 e. The summed E-state index contributed by atoms with van der Waals surface area (Å²) in [6.07, 6.45) is 1.64. The van der Waals surface area contributed by atoms with Gasteiger partial charge in [0.1, 0.15) is 11.4 Å². The van der Waals surface area contributed by atoms with Gasteiger partial charge in [-0.05, 0) is 24.6 Å². The van der Waals surface area contributed by atoms with Crippen molar-refractivity contribution in [1.29, 1.82) is 0 Å². The Kier molecular flexibility index (Phi) is 4.80. The van der Waals surface area contributed by atoms with Gasteiger partial charge in [0.25, 0.3) is 11.8 Å². The molecule has 0 fully saturated rings. The van der Waals surface area contributed by atoms with Gasteiger partial charge in [0.05, 0.1) is 5.69 Å². The van der Waals surface area contributed by atoms with E-state index in [1.54, 1.807) is 17.6 Å². The van der Waals surface area contributed by atoms with Crippen LogP contribution in [-0.4, -0.2) is 28.4 Å². The highest BCUT2D eigenvalue weighted by Crippen LogP contribution is 2.25. The van der Waals surface area contributed by atoms with Crippen LogP contribution in [0.1, 0.15) is 16.1 Å². The van der Waals surface area contributed by atoms with Gasteiger partial charge >= 0.3 is 0 Å². The lowest BCUT2D eigenvalue weighted by Gasteiger charge is -2.07. The molecule has 0 radical (unpaired) electrons. The molecule has 0 unspecified atom stereocenters. The molecule has 4 N–H and O–H groups in total. The summed E-state index contributed by atoms with van der Waals surface area (Å²) >= 11 is 1.29. The number of aromatic nitrogens is 2. The Morgan fingerprint density at radius 3 is 2.88 bits per heavy atom. The summed E-state index contributed by atoms with van der Waals surface area (Å²) < 4.78 is 5.50. The zero-order valence-electron chi connectivity index (χ0n) is 13.4. The number of carbonyl (C=O) groups excluding carboxylic acids is 2. The number of rotatable bonds is 6. The van der Waals surface area contributed by atoms with Crippen molar-refractivity contribution in [3.63, 3.8) is 0 Å². The zero-order chi connectivity index (χ0) is 17.8. The van der Waals surface area contributed by atoms with Gasteiger partial charge in [-0.25, -0.2) is 4.98 Å². The van der Waals surface area contributed by atoms with Gasteiger partial charge < -0.3 is 15.5 Å². The van der Waals surface area contributed by atoms with E-state index in [0.717, 1.165) is 11.1 Å². The first-order chi connectivity index (χ1) is 12.0. The third-order valence-corrected chi connectivity index (χ3v) is 4.20. The Labute approximate surface area is 147 Å². The molecule has 25 heavy (non-hydrogen) atoms. The molecular weight excluding hydrogens is 340 g/mol. The molecule has 1 aromatic carbocycles. The van der Waals surface area contributed by atoms with Gasteiger partial charge in [0, 0.05) is 17.1 Å². The Balaban J connectivity index is 1.60. The number of H-pyrrole nitrogens is 1. The second-order valence-corrected chi connectivity index (χ2v) is 6.16. The number of carbonyl (C=O) groups is 2. The van der Waals surface area contributed by atoms with Crippen molar-refractivity contribution in [3.8, 4) is 17.0 Å². The largest absolute Gasteiger partial charge is 0.483 e. The standard InChI is InChI=1S/C17H16N4O3S/c1-10-4-2-3-5-14(10)24-8-15(22)21-17-20-13(9-25-17)11-6-12(16(18)23)19-7-11/h2-7,9,19H,8H2,1H3,(H2,18,23)(H,20,21,22). The molecule has 0 bridgehead atoms. The minimum atomic E-state index is -0.539. The number of amides is 2. The molecule has 0 spiro atoms. The number of aromatic amines is 1. The van der Waals surface area contributed by atoms with Crippen LogP contribution in [0.2, 0.25) is 0 Å². The van der Waals surface area contributed by atoms with Crippen LogP contribution in [0.3, 0.4) is 0 Å². The number of nitrogens with zero attached hydrogens (tertiary/aromatic N) is 1. The van der Waals surface area contributed by atoms with Crippen LogP contribution >= 0.6 is 11.3 Å². The van der Waals surface area contributed by atoms with Gasteiger partial charge in [-0.15, -0.1) is 11.3 Å². The van der Waals surface area contributed by atoms with Gasteiger partial charge in [0.2, 0.25) is 0 Å². The van der Waals surface area contributed by atoms with E-state index >= 15 is 0 Å². The molecule has 2 aromatic heterocycles. The predicted molar refractivity (Wildman–Crippen MR) is 95.7 cm³/mol. The molecule has 3 rings (SSSR count). The molecule has 0 aliphatic carbocycles. The van der Waals surface area contributed by atoms with Crippen molar-refractivity contribution >= 4 is 28.3 Å². The molecule has 3 aromatic rings. The fourth-order valence-electron chi connectivity index (χ4n) is 2.17. The predicted octanol–water partition coefficient (Wildman–Crippen LogP) is 2.56. The molecule has 8 heteroatoms. The summed E-state index contributed by atoms with van der Waals surface area (Å²) in [5.41, 5.74) is 7.84. The number of nitrogens with one attached hydrogen (secondary N) is 2. The van der Waals surface area contributed by atoms with E-state index in [2.05, 4.69) is 15.3 Å². The van der Waals surface area contributed by atoms with E-state index in [4.69, 9.17) is 10.5 Å². The molecule has 0 atom stereocenters. The van der Waals surface area contributed by atoms with Crippen LogP contribution in [0.15, 0.2) is 41.9 Å². The normalized spacial score (nSPS) is 10.4. The maximum Gasteiger partial charge on any atom is 0.265 e. The lowest BCUT2D eigenvalue weighted by molar-refractivity contribution is -0.118. The fraction of sp³-hybridized carbons (Fsp3) is 0.118. The lowest BCUT2D eigenvalue weighted by atomic mass is 10.2. The van der Waals surface area contributed by atoms with Crippen molar-refractivity contribution in [2.45, 2.75) is 6.92 Å². The van der Waals surface area contributed by atoms with Crippen molar-refractivity contribution in [2.75, 3.05) is 11.9 Å². The number of nitrogens with two attached hydrogens (primary N) is 1. The van der Waals surface area contributed by atoms with E-state index < -0.39 is 5.91 Å². The lowest BCUT2D eigenvalue weighted by Crippen LogP contribution is -2.20. The molecule has 7 nitrogen and oxygen atoms in total. The number of primary amides is 1. The number of anilines is 1. The highest BCUT2D eigenvalue weighted by molar-refractivity contribution is 7.14. The Morgan fingerprint density at radius 1 is 1.36 bits per heavy atom. The van der Waals surface area contributed by atoms with Gasteiger partial charge in [-0.1, -0.05) is 18.2 Å². The first-order valence-electron chi connectivity index (χ1n) is 7.45. The molecule has 128 valence electrons. The van der Waals surface area contributed by atoms with Crippen LogP contribution < -0.4 is 15.8 Å². The van der Waals surface area contributed by atoms with Crippen LogP contribution in [0.4, 0.5) is 5.13 Å². The summed E-state index contributed by atoms with van der Waals surface area (Å²) in [6, 6.07) is 9.10. The third-order valence-electron chi connectivity index (χ3n) is 3.45. The van der Waals surface area contributed by atoms with E-state index in [1.165, 1.54) is 11.3 Å². The van der Waals surface area contributed by atoms with Crippen molar-refractivity contribution < 1.29 is 14.3 Å². The van der Waals surface area contributed by atoms with Gasteiger partial charge in [0.15, 0.2) is 11.7 Å². The number of hydrogen-bond donors (Lipinski definition) is 3. The summed E-state index contributed by atoms with van der Waals surface area (Å²) in [5, 5.41) is 4.93. The number of ether oxygens (including phenoxy) is 1. The summed E-state index contributed by atoms with van der Waals surface area (Å²) in [5.74, 6) is -0.164. The zero-order valence-corrected chi connectivity index (χ0v) is 14.2. The summed E-state index contributed by atoms with van der Waals surface area (Å²) in [4.78, 5) is 30.2. The Hall–Kier alpha value is -3.13. The van der Waals surface area contributed by atoms with Crippen LogP contribution in [0.5, 0.6) is 5.75 Å². The number of benzene rings is 1. The molecule has 2 heterocycles. The summed E-state index contributed by atoms with van der Waals surface area (Å²) in [7, 11) is 0. The monoisotopic (exact) mass is 356 g/mol. The van der Waals surface area contributed by atoms with Crippen LogP contribution in [0.25, 0.3) is 11.3 Å². The first kappa shape index (κ1) is 16.7. The van der Waals surface area contributed by atoms with Crippen LogP contribution in [-0.2, 0) is 4.79 Å². The molecule has 0 aliphatic heterocycles.